The van der Waals surface area contributed by atoms with Crippen molar-refractivity contribution in [1.82, 2.24) is 9.88 Å². The summed E-state index contributed by atoms with van der Waals surface area (Å²) in [5.74, 6) is -0.101. The molecular formula is C13H17N3O3. The van der Waals surface area contributed by atoms with E-state index in [0.717, 1.165) is 12.8 Å². The van der Waals surface area contributed by atoms with E-state index in [1.54, 1.807) is 4.90 Å². The van der Waals surface area contributed by atoms with Gasteiger partial charge in [0, 0.05) is 31.8 Å². The minimum atomic E-state index is -0.287. The molecule has 0 spiro atoms. The zero-order valence-corrected chi connectivity index (χ0v) is 10.6. The first-order valence-corrected chi connectivity index (χ1v) is 6.32. The van der Waals surface area contributed by atoms with Crippen LogP contribution in [0.25, 0.3) is 0 Å². The Morgan fingerprint density at radius 2 is 2.00 bits per heavy atom. The summed E-state index contributed by atoms with van der Waals surface area (Å²) in [5.41, 5.74) is 5.42. The van der Waals surface area contributed by atoms with Crippen LogP contribution in [0.1, 0.15) is 29.6 Å². The molecule has 1 aromatic rings. The first kappa shape index (κ1) is 13.3. The quantitative estimate of drug-likeness (QED) is 0.809. The lowest BCUT2D eigenvalue weighted by atomic mass is 9.93. The number of nitrogens with two attached hydrogens (primary N) is 1. The highest BCUT2D eigenvalue weighted by atomic mass is 16.2. The van der Waals surface area contributed by atoms with E-state index in [1.807, 2.05) is 0 Å². The predicted octanol–water partition coefficient (Wildman–Crippen LogP) is 0.102. The van der Waals surface area contributed by atoms with Crippen LogP contribution in [0.3, 0.4) is 0 Å². The average Bonchev–Trinajstić information content (AvgIpc) is 2.39. The fraction of sp³-hybridized carbons (Fsp3) is 0.462. The Bertz CT molecular complexity index is 510. The van der Waals surface area contributed by atoms with Crippen LogP contribution < -0.4 is 11.3 Å². The van der Waals surface area contributed by atoms with Crippen LogP contribution in [0.5, 0.6) is 0 Å². The summed E-state index contributed by atoms with van der Waals surface area (Å²) in [6, 6.07) is 2.86. The van der Waals surface area contributed by atoms with E-state index >= 15 is 0 Å². The summed E-state index contributed by atoms with van der Waals surface area (Å²) in [4.78, 5) is 38.2. The summed E-state index contributed by atoms with van der Waals surface area (Å²) in [7, 11) is 0. The van der Waals surface area contributed by atoms with Gasteiger partial charge in [-0.05, 0) is 24.8 Å². The Morgan fingerprint density at radius 3 is 2.53 bits per heavy atom. The number of piperidine rings is 1. The molecule has 0 aliphatic carbocycles. The zero-order valence-electron chi connectivity index (χ0n) is 10.6. The van der Waals surface area contributed by atoms with Gasteiger partial charge in [0.05, 0.1) is 5.56 Å². The number of aromatic amines is 1. The summed E-state index contributed by atoms with van der Waals surface area (Å²) in [6.45, 7) is 1.24. The normalized spacial score (nSPS) is 16.3. The number of nitrogens with zero attached hydrogens (tertiary/aromatic N) is 1. The fourth-order valence-electron chi connectivity index (χ4n) is 2.35. The number of amides is 2. The lowest BCUT2D eigenvalue weighted by Gasteiger charge is -2.31. The van der Waals surface area contributed by atoms with Crippen molar-refractivity contribution in [3.63, 3.8) is 0 Å². The number of rotatable bonds is 3. The van der Waals surface area contributed by atoms with E-state index < -0.39 is 0 Å². The number of hydrogen-bond acceptors (Lipinski definition) is 3. The molecule has 2 rings (SSSR count). The molecule has 0 unspecified atom stereocenters. The Morgan fingerprint density at radius 1 is 1.32 bits per heavy atom. The van der Waals surface area contributed by atoms with Gasteiger partial charge in [0.2, 0.25) is 11.5 Å². The van der Waals surface area contributed by atoms with E-state index in [-0.39, 0.29) is 23.3 Å². The number of nitrogens with one attached hydrogen (secondary N) is 1. The largest absolute Gasteiger partial charge is 0.370 e. The average molecular weight is 263 g/mol. The van der Waals surface area contributed by atoms with E-state index in [0.29, 0.717) is 25.1 Å². The Labute approximate surface area is 110 Å². The lowest BCUT2D eigenvalue weighted by molar-refractivity contribution is -0.119. The summed E-state index contributed by atoms with van der Waals surface area (Å²) < 4.78 is 0. The van der Waals surface area contributed by atoms with E-state index in [1.165, 1.54) is 18.3 Å². The number of carbonyl (C=O) groups excluding carboxylic acids is 2. The maximum absolute atomic E-state index is 12.2. The molecule has 6 heteroatoms. The molecule has 19 heavy (non-hydrogen) atoms. The molecule has 2 amide bonds. The van der Waals surface area contributed by atoms with Crippen molar-refractivity contribution in [2.45, 2.75) is 19.3 Å². The lowest BCUT2D eigenvalue weighted by Crippen LogP contribution is -2.39. The summed E-state index contributed by atoms with van der Waals surface area (Å²) in [6.07, 6.45) is 3.40. The first-order valence-electron chi connectivity index (χ1n) is 6.32. The van der Waals surface area contributed by atoms with Crippen molar-refractivity contribution in [3.05, 3.63) is 34.2 Å². The molecule has 0 atom stereocenters. The third-order valence-electron chi connectivity index (χ3n) is 3.42. The maximum Gasteiger partial charge on any atom is 0.255 e. The van der Waals surface area contributed by atoms with Crippen molar-refractivity contribution >= 4 is 11.8 Å². The molecule has 1 saturated heterocycles. The van der Waals surface area contributed by atoms with Gasteiger partial charge in [0.15, 0.2) is 0 Å². The number of H-pyrrole nitrogens is 1. The van der Waals surface area contributed by atoms with Gasteiger partial charge in [0.25, 0.3) is 5.91 Å². The summed E-state index contributed by atoms with van der Waals surface area (Å²) >= 11 is 0. The van der Waals surface area contributed by atoms with Crippen LogP contribution in [0.4, 0.5) is 0 Å². The Kier molecular flexibility index (Phi) is 3.99. The molecule has 0 saturated carbocycles. The molecular weight excluding hydrogens is 246 g/mol. The van der Waals surface area contributed by atoms with Crippen molar-refractivity contribution in [2.24, 2.45) is 11.7 Å². The molecule has 1 aromatic heterocycles. The number of pyridine rings is 1. The van der Waals surface area contributed by atoms with Gasteiger partial charge in [-0.15, -0.1) is 0 Å². The minimum absolute atomic E-state index is 0.0891. The van der Waals surface area contributed by atoms with Crippen LogP contribution in [0, 0.1) is 5.92 Å². The van der Waals surface area contributed by atoms with Gasteiger partial charge < -0.3 is 15.6 Å². The van der Waals surface area contributed by atoms with E-state index in [2.05, 4.69) is 4.98 Å². The van der Waals surface area contributed by atoms with Crippen molar-refractivity contribution in [3.8, 4) is 0 Å². The maximum atomic E-state index is 12.2. The van der Waals surface area contributed by atoms with Gasteiger partial charge >= 0.3 is 0 Å². The number of primary amides is 1. The zero-order chi connectivity index (χ0) is 13.8. The third-order valence-corrected chi connectivity index (χ3v) is 3.42. The van der Waals surface area contributed by atoms with Crippen LogP contribution in [-0.2, 0) is 4.79 Å². The van der Waals surface area contributed by atoms with Gasteiger partial charge in [0.1, 0.15) is 0 Å². The number of hydrogen-bond donors (Lipinski definition) is 2. The van der Waals surface area contributed by atoms with Crippen molar-refractivity contribution in [2.75, 3.05) is 13.1 Å². The molecule has 0 radical (unpaired) electrons. The van der Waals surface area contributed by atoms with Crippen LogP contribution >= 0.6 is 0 Å². The van der Waals surface area contributed by atoms with Gasteiger partial charge in [-0.25, -0.2) is 0 Å². The fourth-order valence-corrected chi connectivity index (χ4v) is 2.35. The second-order valence-corrected chi connectivity index (χ2v) is 4.85. The second kappa shape index (κ2) is 5.69. The smallest absolute Gasteiger partial charge is 0.255 e. The molecule has 0 bridgehead atoms. The monoisotopic (exact) mass is 263 g/mol. The van der Waals surface area contributed by atoms with Gasteiger partial charge in [-0.1, -0.05) is 0 Å². The standard InChI is InChI=1S/C13H17N3O3/c14-11(17)7-9-3-5-16(6-4-9)13(19)10-1-2-12(18)15-8-10/h1-2,8-9H,3-7H2,(H2,14,17)(H,15,18). The summed E-state index contributed by atoms with van der Waals surface area (Å²) in [5, 5.41) is 0. The molecule has 2 heterocycles. The SMILES string of the molecule is NC(=O)CC1CCN(C(=O)c2ccc(=O)[nH]c2)CC1. The molecule has 102 valence electrons. The molecule has 0 aromatic carbocycles. The topological polar surface area (TPSA) is 96.3 Å². The minimum Gasteiger partial charge on any atom is -0.370 e. The van der Waals surface area contributed by atoms with Gasteiger partial charge in [-0.2, -0.15) is 0 Å². The van der Waals surface area contributed by atoms with Crippen molar-refractivity contribution < 1.29 is 9.59 Å². The Hall–Kier alpha value is -2.11. The third kappa shape index (κ3) is 3.43. The van der Waals surface area contributed by atoms with Crippen molar-refractivity contribution in [1.29, 1.82) is 0 Å². The number of carbonyl (C=O) groups is 2. The Balaban J connectivity index is 1.94. The highest BCUT2D eigenvalue weighted by Gasteiger charge is 2.24. The van der Waals surface area contributed by atoms with E-state index in [4.69, 9.17) is 5.73 Å². The molecule has 3 N–H and O–H groups in total. The highest BCUT2D eigenvalue weighted by Crippen LogP contribution is 2.21. The second-order valence-electron chi connectivity index (χ2n) is 4.85. The molecule has 1 fully saturated rings. The number of likely N-dealkylation sites (tertiary alicyclic amines) is 1. The van der Waals surface area contributed by atoms with Crippen LogP contribution in [0.2, 0.25) is 0 Å². The predicted molar refractivity (Wildman–Crippen MR) is 69.5 cm³/mol. The first-order chi connectivity index (χ1) is 9.06. The highest BCUT2D eigenvalue weighted by molar-refractivity contribution is 5.93. The van der Waals surface area contributed by atoms with Gasteiger partial charge in [-0.3, -0.25) is 14.4 Å². The van der Waals surface area contributed by atoms with Crippen LogP contribution in [0.15, 0.2) is 23.1 Å². The molecule has 1 aliphatic rings. The van der Waals surface area contributed by atoms with Crippen LogP contribution in [-0.4, -0.2) is 34.8 Å². The number of aromatic nitrogens is 1. The molecule has 6 nitrogen and oxygen atoms in total. The van der Waals surface area contributed by atoms with E-state index in [9.17, 15) is 14.4 Å². The molecule has 1 aliphatic heterocycles.